The molecule has 7 heteroatoms. The van der Waals surface area contributed by atoms with E-state index in [0.717, 1.165) is 31.6 Å². The van der Waals surface area contributed by atoms with Crippen molar-refractivity contribution in [1.29, 1.82) is 0 Å². The number of ether oxygens (including phenoxy) is 1. The Labute approximate surface area is 159 Å². The van der Waals surface area contributed by atoms with Gasteiger partial charge in [-0.15, -0.1) is 0 Å². The summed E-state index contributed by atoms with van der Waals surface area (Å²) in [6.07, 6.45) is 4.07. The largest absolute Gasteiger partial charge is 0.492 e. The first kappa shape index (κ1) is 18.7. The number of halogens is 1. The molecule has 0 radical (unpaired) electrons. The van der Waals surface area contributed by atoms with Gasteiger partial charge in [-0.1, -0.05) is 17.7 Å². The number of nitrogens with zero attached hydrogens (tertiary/aromatic N) is 3. The molecule has 1 aliphatic rings. The third kappa shape index (κ3) is 4.99. The number of hydrogen-bond acceptors (Lipinski definition) is 4. The number of benzene rings is 1. The summed E-state index contributed by atoms with van der Waals surface area (Å²) in [4.78, 5) is 14.2. The van der Waals surface area contributed by atoms with Crippen molar-refractivity contribution in [1.82, 2.24) is 20.0 Å². The smallest absolute Gasteiger partial charge is 0.244 e. The van der Waals surface area contributed by atoms with Gasteiger partial charge in [0.15, 0.2) is 0 Å². The van der Waals surface area contributed by atoms with Crippen molar-refractivity contribution in [3.05, 3.63) is 47.2 Å². The van der Waals surface area contributed by atoms with Crippen molar-refractivity contribution < 1.29 is 9.53 Å². The summed E-state index contributed by atoms with van der Waals surface area (Å²) in [6, 6.07) is 9.27. The SMILES string of the molecule is CN(CCOc1cccc(Cl)c1)C(=O)Cn1nccc1[C@@H]1CCCNC1. The topological polar surface area (TPSA) is 59.4 Å². The van der Waals surface area contributed by atoms with Crippen molar-refractivity contribution >= 4 is 17.5 Å². The molecule has 0 bridgehead atoms. The number of hydrogen-bond donors (Lipinski definition) is 1. The fourth-order valence-corrected chi connectivity index (χ4v) is 3.34. The Kier molecular flexibility index (Phi) is 6.52. The molecule has 0 saturated carbocycles. The molecule has 0 aliphatic carbocycles. The van der Waals surface area contributed by atoms with E-state index in [0.29, 0.717) is 29.8 Å². The second-order valence-electron chi connectivity index (χ2n) is 6.58. The molecule has 0 spiro atoms. The molecule has 1 saturated heterocycles. The molecule has 1 atom stereocenters. The average molecular weight is 377 g/mol. The van der Waals surface area contributed by atoms with Gasteiger partial charge in [0.25, 0.3) is 0 Å². The summed E-state index contributed by atoms with van der Waals surface area (Å²) in [5.41, 5.74) is 1.13. The van der Waals surface area contributed by atoms with E-state index in [1.54, 1.807) is 30.3 Å². The molecular formula is C19H25ClN4O2. The number of piperidine rings is 1. The van der Waals surface area contributed by atoms with Gasteiger partial charge >= 0.3 is 0 Å². The van der Waals surface area contributed by atoms with Crippen molar-refractivity contribution in [2.75, 3.05) is 33.3 Å². The van der Waals surface area contributed by atoms with Crippen LogP contribution in [0.3, 0.4) is 0 Å². The van der Waals surface area contributed by atoms with Gasteiger partial charge in [0.05, 0.1) is 6.54 Å². The molecular weight excluding hydrogens is 352 g/mol. The highest BCUT2D eigenvalue weighted by atomic mass is 35.5. The second-order valence-corrected chi connectivity index (χ2v) is 7.01. The number of rotatable bonds is 7. The zero-order valence-electron chi connectivity index (χ0n) is 15.0. The van der Waals surface area contributed by atoms with Crippen LogP contribution in [-0.4, -0.2) is 53.9 Å². The number of carbonyl (C=O) groups is 1. The molecule has 1 aromatic heterocycles. The number of carbonyl (C=O) groups excluding carboxylic acids is 1. The van der Waals surface area contributed by atoms with Crippen molar-refractivity contribution in [2.45, 2.75) is 25.3 Å². The number of amides is 1. The highest BCUT2D eigenvalue weighted by Gasteiger charge is 2.20. The van der Waals surface area contributed by atoms with Gasteiger partial charge < -0.3 is 15.0 Å². The quantitative estimate of drug-likeness (QED) is 0.806. The molecule has 0 unspecified atom stereocenters. The lowest BCUT2D eigenvalue weighted by Crippen LogP contribution is -2.35. The van der Waals surface area contributed by atoms with Crippen molar-refractivity contribution in [3.63, 3.8) is 0 Å². The minimum Gasteiger partial charge on any atom is -0.492 e. The van der Waals surface area contributed by atoms with Crippen LogP contribution >= 0.6 is 11.6 Å². The number of aromatic nitrogens is 2. The van der Waals surface area contributed by atoms with Crippen LogP contribution in [0.2, 0.25) is 5.02 Å². The summed E-state index contributed by atoms with van der Waals surface area (Å²) < 4.78 is 7.48. The molecule has 1 aliphatic heterocycles. The zero-order chi connectivity index (χ0) is 18.4. The highest BCUT2D eigenvalue weighted by molar-refractivity contribution is 6.30. The number of nitrogens with one attached hydrogen (secondary N) is 1. The third-order valence-corrected chi connectivity index (χ3v) is 4.90. The first-order valence-electron chi connectivity index (χ1n) is 8.98. The van der Waals surface area contributed by atoms with Crippen molar-refractivity contribution in [3.8, 4) is 5.75 Å². The Morgan fingerprint density at radius 1 is 1.46 bits per heavy atom. The summed E-state index contributed by atoms with van der Waals surface area (Å²) in [7, 11) is 1.79. The standard InChI is InChI=1S/C19H25ClN4O2/c1-23(10-11-26-17-6-2-5-16(20)12-17)19(25)14-24-18(7-9-22-24)15-4-3-8-21-13-15/h2,5-7,9,12,15,21H,3-4,8,10-11,13-14H2,1H3/t15-/m1/s1. The molecule has 26 heavy (non-hydrogen) atoms. The van der Waals surface area contributed by atoms with Gasteiger partial charge in [-0.3, -0.25) is 9.48 Å². The molecule has 2 heterocycles. The van der Waals surface area contributed by atoms with Gasteiger partial charge in [0, 0.05) is 36.4 Å². The van der Waals surface area contributed by atoms with E-state index in [1.165, 1.54) is 0 Å². The minimum atomic E-state index is 0.0217. The van der Waals surface area contributed by atoms with Crippen LogP contribution in [0.1, 0.15) is 24.5 Å². The van der Waals surface area contributed by atoms with E-state index in [-0.39, 0.29) is 12.5 Å². The molecule has 6 nitrogen and oxygen atoms in total. The second kappa shape index (κ2) is 9.05. The lowest BCUT2D eigenvalue weighted by molar-refractivity contribution is -0.131. The Morgan fingerprint density at radius 3 is 3.12 bits per heavy atom. The van der Waals surface area contributed by atoms with Crippen molar-refractivity contribution in [2.24, 2.45) is 0 Å². The third-order valence-electron chi connectivity index (χ3n) is 4.67. The molecule has 1 N–H and O–H groups in total. The maximum absolute atomic E-state index is 12.5. The first-order chi connectivity index (χ1) is 12.6. The van der Waals surface area contributed by atoms with Crippen LogP contribution in [0.4, 0.5) is 0 Å². The van der Waals surface area contributed by atoms with Gasteiger partial charge in [0.1, 0.15) is 18.9 Å². The Bertz CT molecular complexity index is 728. The normalized spacial score (nSPS) is 17.1. The first-order valence-corrected chi connectivity index (χ1v) is 9.36. The predicted molar refractivity (Wildman–Crippen MR) is 102 cm³/mol. The van der Waals surface area contributed by atoms with Crippen LogP contribution in [0.25, 0.3) is 0 Å². The van der Waals surface area contributed by atoms with Crippen LogP contribution in [0, 0.1) is 0 Å². The lowest BCUT2D eigenvalue weighted by Gasteiger charge is -2.24. The van der Waals surface area contributed by atoms with E-state index in [2.05, 4.69) is 10.4 Å². The maximum atomic E-state index is 12.5. The van der Waals surface area contributed by atoms with Crippen LogP contribution in [-0.2, 0) is 11.3 Å². The fraction of sp³-hybridized carbons (Fsp3) is 0.474. The van der Waals surface area contributed by atoms with Gasteiger partial charge in [-0.05, 0) is 43.7 Å². The van der Waals surface area contributed by atoms with E-state index in [1.807, 2.05) is 22.9 Å². The van der Waals surface area contributed by atoms with E-state index < -0.39 is 0 Å². The fourth-order valence-electron chi connectivity index (χ4n) is 3.16. The van der Waals surface area contributed by atoms with Gasteiger partial charge in [-0.25, -0.2) is 0 Å². The summed E-state index contributed by atoms with van der Waals surface area (Å²) >= 11 is 5.94. The molecule has 2 aromatic rings. The predicted octanol–water partition coefficient (Wildman–Crippen LogP) is 2.54. The molecule has 1 aromatic carbocycles. The maximum Gasteiger partial charge on any atom is 0.244 e. The number of likely N-dealkylation sites (N-methyl/N-ethyl adjacent to an activating group) is 1. The monoisotopic (exact) mass is 376 g/mol. The summed E-state index contributed by atoms with van der Waals surface area (Å²) in [6.45, 7) is 3.20. The zero-order valence-corrected chi connectivity index (χ0v) is 15.8. The van der Waals surface area contributed by atoms with Crippen LogP contribution < -0.4 is 10.1 Å². The Hall–Kier alpha value is -2.05. The van der Waals surface area contributed by atoms with E-state index in [9.17, 15) is 4.79 Å². The summed E-state index contributed by atoms with van der Waals surface area (Å²) in [5.74, 6) is 1.15. The summed E-state index contributed by atoms with van der Waals surface area (Å²) in [5, 5.41) is 8.39. The lowest BCUT2D eigenvalue weighted by atomic mass is 9.96. The average Bonchev–Trinajstić information content (AvgIpc) is 3.10. The van der Waals surface area contributed by atoms with Crippen LogP contribution in [0.15, 0.2) is 36.5 Å². The molecule has 1 fully saturated rings. The van der Waals surface area contributed by atoms with Gasteiger partial charge in [-0.2, -0.15) is 5.10 Å². The Balaban J connectivity index is 1.49. The highest BCUT2D eigenvalue weighted by Crippen LogP contribution is 2.22. The van der Waals surface area contributed by atoms with Crippen LogP contribution in [0.5, 0.6) is 5.75 Å². The van der Waals surface area contributed by atoms with E-state index >= 15 is 0 Å². The Morgan fingerprint density at radius 2 is 2.35 bits per heavy atom. The molecule has 140 valence electrons. The van der Waals surface area contributed by atoms with Gasteiger partial charge in [0.2, 0.25) is 5.91 Å². The van der Waals surface area contributed by atoms with E-state index in [4.69, 9.17) is 16.3 Å². The molecule has 1 amide bonds. The molecule has 3 rings (SSSR count). The minimum absolute atomic E-state index is 0.0217.